The summed E-state index contributed by atoms with van der Waals surface area (Å²) in [6.45, 7) is 1.37. The number of rotatable bonds is 8. The van der Waals surface area contributed by atoms with Gasteiger partial charge in [-0.15, -0.1) is 0 Å². The highest BCUT2D eigenvalue weighted by molar-refractivity contribution is 5.98. The van der Waals surface area contributed by atoms with Crippen molar-refractivity contribution in [3.05, 3.63) is 97.1 Å². The largest absolute Gasteiger partial charge is 0.496 e. The van der Waals surface area contributed by atoms with Gasteiger partial charge in [0.2, 0.25) is 0 Å². The molecule has 2 heterocycles. The van der Waals surface area contributed by atoms with E-state index < -0.39 is 0 Å². The van der Waals surface area contributed by atoms with E-state index in [1.165, 1.54) is 0 Å². The summed E-state index contributed by atoms with van der Waals surface area (Å²) in [6.07, 6.45) is 6.24. The molecule has 174 valence electrons. The third-order valence-corrected chi connectivity index (χ3v) is 5.77. The molecule has 0 radical (unpaired) electrons. The van der Waals surface area contributed by atoms with Crippen LogP contribution < -0.4 is 10.1 Å². The van der Waals surface area contributed by atoms with E-state index in [2.05, 4.69) is 10.3 Å². The molecule has 0 aliphatic carbocycles. The molecule has 0 atom stereocenters. The first-order valence-electron chi connectivity index (χ1n) is 11.5. The van der Waals surface area contributed by atoms with E-state index in [4.69, 9.17) is 14.7 Å². The fraction of sp³-hybridized carbons (Fsp3) is 0.143. The third-order valence-electron chi connectivity index (χ3n) is 5.77. The highest BCUT2D eigenvalue weighted by Gasteiger charge is 2.17. The van der Waals surface area contributed by atoms with Crippen LogP contribution in [0.1, 0.15) is 16.8 Å². The first-order chi connectivity index (χ1) is 17.2. The topological polar surface area (TPSA) is 81.9 Å². The molecule has 7 nitrogen and oxygen atoms in total. The minimum atomic E-state index is -0.134. The molecule has 2 aromatic heterocycles. The summed E-state index contributed by atoms with van der Waals surface area (Å²) in [7, 11) is 1.64. The lowest BCUT2D eigenvalue weighted by atomic mass is 10.0. The van der Waals surface area contributed by atoms with Crippen molar-refractivity contribution in [1.29, 1.82) is 0 Å². The Morgan fingerprint density at radius 3 is 2.54 bits per heavy atom. The number of carbonyl (C=O) groups is 1. The molecule has 0 fully saturated rings. The first kappa shape index (κ1) is 22.3. The summed E-state index contributed by atoms with van der Waals surface area (Å²) < 4.78 is 7.60. The molecule has 35 heavy (non-hydrogen) atoms. The number of hydrogen-bond donors (Lipinski definition) is 1. The van der Waals surface area contributed by atoms with Gasteiger partial charge < -0.3 is 14.6 Å². The standard InChI is InChI=1S/C28H25N5O2/c1-35-25-11-6-5-10-22(25)27-26(20-8-3-2-4-9-20)31-23-13-12-21(18-24(23)32-27)28(34)30-14-7-16-33-17-15-29-19-33/h2-6,8-13,15,17-19H,7,14,16H2,1H3,(H,30,34). The van der Waals surface area contributed by atoms with Crippen LogP contribution in [0, 0.1) is 0 Å². The zero-order valence-electron chi connectivity index (χ0n) is 19.4. The summed E-state index contributed by atoms with van der Waals surface area (Å²) in [4.78, 5) is 26.7. The van der Waals surface area contributed by atoms with E-state index in [0.717, 1.165) is 35.3 Å². The van der Waals surface area contributed by atoms with Gasteiger partial charge in [-0.2, -0.15) is 0 Å². The van der Waals surface area contributed by atoms with Crippen LogP contribution in [-0.4, -0.2) is 39.1 Å². The summed E-state index contributed by atoms with van der Waals surface area (Å²) in [6, 6.07) is 23.1. The number of fused-ring (bicyclic) bond motifs is 1. The van der Waals surface area contributed by atoms with Gasteiger partial charge in [0.05, 0.1) is 30.2 Å². The minimum absolute atomic E-state index is 0.134. The van der Waals surface area contributed by atoms with Crippen molar-refractivity contribution in [2.75, 3.05) is 13.7 Å². The van der Waals surface area contributed by atoms with Crippen molar-refractivity contribution < 1.29 is 9.53 Å². The van der Waals surface area contributed by atoms with Crippen LogP contribution in [-0.2, 0) is 6.54 Å². The molecule has 5 aromatic rings. The Labute approximate surface area is 203 Å². The fourth-order valence-electron chi connectivity index (χ4n) is 4.01. The van der Waals surface area contributed by atoms with Gasteiger partial charge in [-0.1, -0.05) is 42.5 Å². The Morgan fingerprint density at radius 1 is 0.943 bits per heavy atom. The molecule has 0 aliphatic heterocycles. The number of hydrogen-bond acceptors (Lipinski definition) is 5. The number of nitrogens with one attached hydrogen (secondary N) is 1. The quantitative estimate of drug-likeness (QED) is 0.328. The lowest BCUT2D eigenvalue weighted by Gasteiger charge is -2.14. The van der Waals surface area contributed by atoms with E-state index in [9.17, 15) is 4.79 Å². The number of carbonyl (C=O) groups excluding carboxylic acids is 1. The maximum atomic E-state index is 12.8. The van der Waals surface area contributed by atoms with Gasteiger partial charge in [-0.25, -0.2) is 15.0 Å². The molecule has 1 N–H and O–H groups in total. The molecule has 0 unspecified atom stereocenters. The van der Waals surface area contributed by atoms with E-state index in [1.54, 1.807) is 31.8 Å². The molecule has 0 saturated heterocycles. The average Bonchev–Trinajstić information content (AvgIpc) is 3.44. The van der Waals surface area contributed by atoms with Crippen molar-refractivity contribution in [3.63, 3.8) is 0 Å². The van der Waals surface area contributed by atoms with Gasteiger partial charge in [-0.05, 0) is 36.8 Å². The fourth-order valence-corrected chi connectivity index (χ4v) is 4.01. The second kappa shape index (κ2) is 10.2. The summed E-state index contributed by atoms with van der Waals surface area (Å²) >= 11 is 0. The lowest BCUT2D eigenvalue weighted by molar-refractivity contribution is 0.0953. The summed E-state index contributed by atoms with van der Waals surface area (Å²) in [5.74, 6) is 0.579. The molecule has 0 saturated carbocycles. The Bertz CT molecular complexity index is 1450. The monoisotopic (exact) mass is 463 g/mol. The number of benzene rings is 3. The maximum absolute atomic E-state index is 12.8. The van der Waals surface area contributed by atoms with Crippen molar-refractivity contribution in [2.24, 2.45) is 0 Å². The molecule has 5 rings (SSSR count). The molecular formula is C28H25N5O2. The minimum Gasteiger partial charge on any atom is -0.496 e. The van der Waals surface area contributed by atoms with Crippen LogP contribution in [0.4, 0.5) is 0 Å². The number of amides is 1. The van der Waals surface area contributed by atoms with Crippen LogP contribution >= 0.6 is 0 Å². The number of ether oxygens (including phenoxy) is 1. The van der Waals surface area contributed by atoms with Gasteiger partial charge in [0.1, 0.15) is 11.4 Å². The van der Waals surface area contributed by atoms with Crippen LogP contribution in [0.25, 0.3) is 33.5 Å². The zero-order chi connectivity index (χ0) is 24.0. The average molecular weight is 464 g/mol. The molecule has 0 spiro atoms. The van der Waals surface area contributed by atoms with Crippen molar-refractivity contribution in [3.8, 4) is 28.3 Å². The predicted molar refractivity (Wildman–Crippen MR) is 136 cm³/mol. The molecule has 0 aliphatic rings. The smallest absolute Gasteiger partial charge is 0.251 e. The summed E-state index contributed by atoms with van der Waals surface area (Å²) in [5.41, 5.74) is 5.20. The Hall–Kier alpha value is -4.52. The number of aromatic nitrogens is 4. The van der Waals surface area contributed by atoms with Gasteiger partial charge in [0.25, 0.3) is 5.91 Å². The second-order valence-electron chi connectivity index (χ2n) is 8.10. The van der Waals surface area contributed by atoms with Gasteiger partial charge >= 0.3 is 0 Å². The maximum Gasteiger partial charge on any atom is 0.251 e. The Kier molecular flexibility index (Phi) is 6.48. The number of methoxy groups -OCH3 is 1. The Balaban J connectivity index is 1.47. The zero-order valence-corrected chi connectivity index (χ0v) is 19.4. The highest BCUT2D eigenvalue weighted by atomic mass is 16.5. The highest BCUT2D eigenvalue weighted by Crippen LogP contribution is 2.36. The number of para-hydroxylation sites is 1. The van der Waals surface area contributed by atoms with E-state index in [1.807, 2.05) is 71.4 Å². The Morgan fingerprint density at radius 2 is 1.74 bits per heavy atom. The number of nitrogens with zero attached hydrogens (tertiary/aromatic N) is 4. The van der Waals surface area contributed by atoms with Crippen LogP contribution in [0.3, 0.4) is 0 Å². The van der Waals surface area contributed by atoms with Crippen LogP contribution in [0.2, 0.25) is 0 Å². The van der Waals surface area contributed by atoms with Crippen molar-refractivity contribution in [1.82, 2.24) is 24.8 Å². The molecule has 1 amide bonds. The van der Waals surface area contributed by atoms with E-state index >= 15 is 0 Å². The lowest BCUT2D eigenvalue weighted by Crippen LogP contribution is -2.25. The molecule has 0 bridgehead atoms. The third kappa shape index (κ3) is 4.89. The van der Waals surface area contributed by atoms with E-state index in [0.29, 0.717) is 29.1 Å². The molecule has 7 heteroatoms. The van der Waals surface area contributed by atoms with Crippen LogP contribution in [0.5, 0.6) is 5.75 Å². The summed E-state index contributed by atoms with van der Waals surface area (Å²) in [5, 5.41) is 2.99. The normalized spacial score (nSPS) is 10.9. The SMILES string of the molecule is COc1ccccc1-c1nc2cc(C(=O)NCCCn3ccnc3)ccc2nc1-c1ccccc1. The predicted octanol–water partition coefficient (Wildman–Crippen LogP) is 4.99. The van der Waals surface area contributed by atoms with Gasteiger partial charge in [0, 0.05) is 42.2 Å². The van der Waals surface area contributed by atoms with E-state index in [-0.39, 0.29) is 5.91 Å². The van der Waals surface area contributed by atoms with Gasteiger partial charge in [-0.3, -0.25) is 4.79 Å². The van der Waals surface area contributed by atoms with Crippen LogP contribution in [0.15, 0.2) is 91.5 Å². The van der Waals surface area contributed by atoms with Crippen molar-refractivity contribution in [2.45, 2.75) is 13.0 Å². The number of aryl methyl sites for hydroxylation is 1. The first-order valence-corrected chi connectivity index (χ1v) is 11.5. The second-order valence-corrected chi connectivity index (χ2v) is 8.10. The number of imidazole rings is 1. The molecule has 3 aromatic carbocycles. The van der Waals surface area contributed by atoms with Gasteiger partial charge in [0.15, 0.2) is 0 Å². The molecular weight excluding hydrogens is 438 g/mol. The van der Waals surface area contributed by atoms with Crippen molar-refractivity contribution >= 4 is 16.9 Å².